The maximum absolute atomic E-state index is 12.8. The van der Waals surface area contributed by atoms with Crippen LogP contribution >= 0.6 is 11.8 Å². The van der Waals surface area contributed by atoms with E-state index in [2.05, 4.69) is 12.2 Å². The van der Waals surface area contributed by atoms with Crippen molar-refractivity contribution < 1.29 is 8.42 Å². The zero-order chi connectivity index (χ0) is 15.3. The molecule has 1 aromatic rings. The van der Waals surface area contributed by atoms with Gasteiger partial charge in [0, 0.05) is 31.1 Å². The topological polar surface area (TPSA) is 49.4 Å². The van der Waals surface area contributed by atoms with Crippen LogP contribution in [0.15, 0.2) is 23.1 Å². The molecule has 0 saturated carbocycles. The van der Waals surface area contributed by atoms with E-state index in [0.29, 0.717) is 18.0 Å². The van der Waals surface area contributed by atoms with Gasteiger partial charge in [0.15, 0.2) is 0 Å². The first-order valence-electron chi connectivity index (χ1n) is 7.44. The number of nitrogens with zero attached hydrogens (tertiary/aromatic N) is 1. The average Bonchev–Trinajstić information content (AvgIpc) is 2.50. The molecule has 1 N–H and O–H groups in total. The van der Waals surface area contributed by atoms with Crippen molar-refractivity contribution in [2.24, 2.45) is 0 Å². The molecule has 1 saturated heterocycles. The number of rotatable bonds is 6. The van der Waals surface area contributed by atoms with E-state index >= 15 is 0 Å². The van der Waals surface area contributed by atoms with Gasteiger partial charge in [0.05, 0.1) is 4.90 Å². The second-order valence-electron chi connectivity index (χ2n) is 5.23. The molecule has 0 spiro atoms. The predicted molar refractivity (Wildman–Crippen MR) is 89.3 cm³/mol. The Bertz CT molecular complexity index is 567. The lowest BCUT2D eigenvalue weighted by Crippen LogP contribution is -2.38. The molecule has 1 aromatic carbocycles. The van der Waals surface area contributed by atoms with E-state index in [1.807, 2.05) is 30.8 Å². The molecule has 1 aliphatic heterocycles. The molecule has 1 heterocycles. The van der Waals surface area contributed by atoms with Gasteiger partial charge in [-0.1, -0.05) is 19.1 Å². The van der Waals surface area contributed by atoms with Crippen LogP contribution in [-0.2, 0) is 16.6 Å². The van der Waals surface area contributed by atoms with E-state index in [-0.39, 0.29) is 0 Å². The Hall–Kier alpha value is -0.560. The van der Waals surface area contributed by atoms with Gasteiger partial charge in [0.2, 0.25) is 10.0 Å². The standard InChI is InChI=1S/C15H24N2O2S2/c1-3-7-16-12-14-5-4-6-15(13(14)2)21(18,19)17-8-10-20-11-9-17/h4-6,16H,3,7-12H2,1-2H3. The number of benzene rings is 1. The van der Waals surface area contributed by atoms with Gasteiger partial charge in [0.1, 0.15) is 0 Å². The van der Waals surface area contributed by atoms with Crippen LogP contribution in [0.1, 0.15) is 24.5 Å². The fourth-order valence-corrected chi connectivity index (χ4v) is 5.30. The van der Waals surface area contributed by atoms with E-state index in [1.165, 1.54) is 0 Å². The van der Waals surface area contributed by atoms with Crippen LogP contribution in [0.3, 0.4) is 0 Å². The summed E-state index contributed by atoms with van der Waals surface area (Å²) < 4.78 is 27.2. The minimum atomic E-state index is -3.35. The number of thioether (sulfide) groups is 1. The summed E-state index contributed by atoms with van der Waals surface area (Å²) >= 11 is 1.81. The molecule has 2 rings (SSSR count). The van der Waals surface area contributed by atoms with Crippen molar-refractivity contribution >= 4 is 21.8 Å². The largest absolute Gasteiger partial charge is 0.313 e. The molecule has 0 aliphatic carbocycles. The average molecular weight is 329 g/mol. The minimum Gasteiger partial charge on any atom is -0.313 e. The minimum absolute atomic E-state index is 0.463. The predicted octanol–water partition coefficient (Wildman–Crippen LogP) is 2.23. The molecule has 118 valence electrons. The van der Waals surface area contributed by atoms with Crippen LogP contribution in [0, 0.1) is 6.92 Å². The lowest BCUT2D eigenvalue weighted by Gasteiger charge is -2.26. The van der Waals surface area contributed by atoms with E-state index in [0.717, 1.165) is 42.1 Å². The Morgan fingerprint density at radius 1 is 1.29 bits per heavy atom. The molecule has 0 amide bonds. The second kappa shape index (κ2) is 7.63. The molecular weight excluding hydrogens is 304 g/mol. The quantitative estimate of drug-likeness (QED) is 0.814. The zero-order valence-corrected chi connectivity index (χ0v) is 14.4. The summed E-state index contributed by atoms with van der Waals surface area (Å²) in [5, 5.41) is 3.34. The maximum Gasteiger partial charge on any atom is 0.243 e. The second-order valence-corrected chi connectivity index (χ2v) is 8.36. The summed E-state index contributed by atoms with van der Waals surface area (Å²) in [6.07, 6.45) is 1.07. The van der Waals surface area contributed by atoms with E-state index in [1.54, 1.807) is 10.4 Å². The van der Waals surface area contributed by atoms with Gasteiger partial charge in [-0.3, -0.25) is 0 Å². The molecule has 4 nitrogen and oxygen atoms in total. The number of nitrogens with one attached hydrogen (secondary N) is 1. The number of hydrogen-bond acceptors (Lipinski definition) is 4. The molecule has 6 heteroatoms. The summed E-state index contributed by atoms with van der Waals surface area (Å²) in [6.45, 7) is 6.93. The first-order chi connectivity index (χ1) is 10.1. The highest BCUT2D eigenvalue weighted by Crippen LogP contribution is 2.24. The van der Waals surface area contributed by atoms with E-state index < -0.39 is 10.0 Å². The van der Waals surface area contributed by atoms with Crippen LogP contribution in [0.2, 0.25) is 0 Å². The van der Waals surface area contributed by atoms with Crippen molar-refractivity contribution in [2.75, 3.05) is 31.1 Å². The van der Waals surface area contributed by atoms with Crippen LogP contribution in [0.4, 0.5) is 0 Å². The van der Waals surface area contributed by atoms with E-state index in [9.17, 15) is 8.42 Å². The summed E-state index contributed by atoms with van der Waals surface area (Å²) in [6, 6.07) is 5.58. The smallest absolute Gasteiger partial charge is 0.243 e. The molecule has 0 bridgehead atoms. The summed E-state index contributed by atoms with van der Waals surface area (Å²) in [4.78, 5) is 0.463. The van der Waals surface area contributed by atoms with Gasteiger partial charge in [0.25, 0.3) is 0 Å². The van der Waals surface area contributed by atoms with Gasteiger partial charge in [-0.05, 0) is 37.1 Å². The molecule has 1 aliphatic rings. The number of hydrogen-bond donors (Lipinski definition) is 1. The lowest BCUT2D eigenvalue weighted by atomic mass is 10.1. The van der Waals surface area contributed by atoms with Crippen molar-refractivity contribution in [1.29, 1.82) is 0 Å². The summed E-state index contributed by atoms with van der Waals surface area (Å²) in [5.41, 5.74) is 1.94. The fraction of sp³-hybridized carbons (Fsp3) is 0.600. The normalized spacial score (nSPS) is 17.0. The Morgan fingerprint density at radius 2 is 2.00 bits per heavy atom. The Labute approximate surface area is 132 Å². The Kier molecular flexibility index (Phi) is 6.10. The van der Waals surface area contributed by atoms with E-state index in [4.69, 9.17) is 0 Å². The van der Waals surface area contributed by atoms with Gasteiger partial charge < -0.3 is 5.32 Å². The molecule has 0 aromatic heterocycles. The highest BCUT2D eigenvalue weighted by atomic mass is 32.2. The Balaban J connectivity index is 2.24. The summed E-state index contributed by atoms with van der Waals surface area (Å²) in [7, 11) is -3.35. The van der Waals surface area contributed by atoms with Gasteiger partial charge in [-0.15, -0.1) is 0 Å². The van der Waals surface area contributed by atoms with Crippen molar-refractivity contribution in [3.8, 4) is 0 Å². The zero-order valence-electron chi connectivity index (χ0n) is 12.8. The lowest BCUT2D eigenvalue weighted by molar-refractivity contribution is 0.443. The fourth-order valence-electron chi connectivity index (χ4n) is 2.46. The molecular formula is C15H24N2O2S2. The van der Waals surface area contributed by atoms with Crippen LogP contribution < -0.4 is 5.32 Å². The maximum atomic E-state index is 12.8. The molecule has 1 fully saturated rings. The van der Waals surface area contributed by atoms with Crippen molar-refractivity contribution in [3.05, 3.63) is 29.3 Å². The van der Waals surface area contributed by atoms with Crippen LogP contribution in [0.5, 0.6) is 0 Å². The third kappa shape index (κ3) is 4.00. The van der Waals surface area contributed by atoms with Crippen molar-refractivity contribution in [1.82, 2.24) is 9.62 Å². The molecule has 0 radical (unpaired) electrons. The highest BCUT2D eigenvalue weighted by Gasteiger charge is 2.27. The first-order valence-corrected chi connectivity index (χ1v) is 10.0. The Morgan fingerprint density at radius 3 is 2.67 bits per heavy atom. The molecule has 21 heavy (non-hydrogen) atoms. The number of sulfonamides is 1. The monoisotopic (exact) mass is 328 g/mol. The van der Waals surface area contributed by atoms with Gasteiger partial charge in [-0.25, -0.2) is 8.42 Å². The molecule has 0 atom stereocenters. The highest BCUT2D eigenvalue weighted by molar-refractivity contribution is 7.99. The molecule has 0 unspecified atom stereocenters. The summed E-state index contributed by atoms with van der Waals surface area (Å²) in [5.74, 6) is 1.77. The third-order valence-corrected chi connectivity index (χ3v) is 6.71. The van der Waals surface area contributed by atoms with Crippen LogP contribution in [-0.4, -0.2) is 43.9 Å². The van der Waals surface area contributed by atoms with Gasteiger partial charge >= 0.3 is 0 Å². The third-order valence-electron chi connectivity index (χ3n) is 3.73. The van der Waals surface area contributed by atoms with Crippen molar-refractivity contribution in [3.63, 3.8) is 0 Å². The van der Waals surface area contributed by atoms with Crippen molar-refractivity contribution in [2.45, 2.75) is 31.7 Å². The van der Waals surface area contributed by atoms with Gasteiger partial charge in [-0.2, -0.15) is 16.1 Å². The SMILES string of the molecule is CCCNCc1cccc(S(=O)(=O)N2CCSCC2)c1C. The van der Waals surface area contributed by atoms with Crippen LogP contribution in [0.25, 0.3) is 0 Å². The first kappa shape index (κ1) is 16.8.